The Bertz CT molecular complexity index is 2750. The molecule has 2 N–H and O–H groups in total. The Morgan fingerprint density at radius 2 is 1.80 bits per heavy atom. The fraction of sp³-hybridized carbons (Fsp3) is 0.396. The highest BCUT2D eigenvalue weighted by Gasteiger charge is 2.42. The van der Waals surface area contributed by atoms with Crippen molar-refractivity contribution in [3.63, 3.8) is 0 Å². The summed E-state index contributed by atoms with van der Waals surface area (Å²) in [6.07, 6.45) is 10.2. The number of rotatable bonds is 17. The minimum Gasteiger partial charge on any atom is -0.462 e. The normalized spacial score (nSPS) is 19.5. The summed E-state index contributed by atoms with van der Waals surface area (Å²) >= 11 is 0. The molecule has 0 bridgehead atoms. The van der Waals surface area contributed by atoms with Crippen LogP contribution in [0.1, 0.15) is 65.4 Å². The number of nitrogens with zero attached hydrogens (tertiary/aromatic N) is 5. The van der Waals surface area contributed by atoms with Gasteiger partial charge in [0.1, 0.15) is 53.2 Å². The van der Waals surface area contributed by atoms with Gasteiger partial charge in [-0.25, -0.2) is 17.7 Å². The third kappa shape index (κ3) is 9.96. The number of terminal acetylenes is 1. The van der Waals surface area contributed by atoms with Gasteiger partial charge in [-0.2, -0.15) is 15.1 Å². The van der Waals surface area contributed by atoms with Crippen molar-refractivity contribution in [3.05, 3.63) is 90.6 Å². The molecule has 5 aromatic rings. The molecule has 3 heterocycles. The van der Waals surface area contributed by atoms with Crippen LogP contribution in [0.4, 0.5) is 19.0 Å². The van der Waals surface area contributed by atoms with Crippen LogP contribution in [-0.4, -0.2) is 99.8 Å². The highest BCUT2D eigenvalue weighted by atomic mass is 31.2. The number of likely N-dealkylation sites (N-methyl/N-ethyl adjacent to an activating group) is 2. The molecule has 1 saturated heterocycles. The molecule has 3 aromatic carbocycles. The zero-order valence-electron chi connectivity index (χ0n) is 37.7. The van der Waals surface area contributed by atoms with Crippen LogP contribution < -0.4 is 24.2 Å². The Balaban J connectivity index is 1.36. The maximum atomic E-state index is 17.6. The second-order valence-corrected chi connectivity index (χ2v) is 19.0. The molecule has 1 saturated carbocycles. The van der Waals surface area contributed by atoms with Crippen molar-refractivity contribution in [2.24, 2.45) is 0 Å². The van der Waals surface area contributed by atoms with Crippen molar-refractivity contribution in [1.29, 1.82) is 0 Å². The lowest BCUT2D eigenvalue weighted by molar-refractivity contribution is -0.149. The van der Waals surface area contributed by atoms with Gasteiger partial charge >= 0.3 is 19.7 Å². The lowest BCUT2D eigenvalue weighted by atomic mass is 9.95. The number of halogens is 3. The first-order valence-electron chi connectivity index (χ1n) is 21.6. The van der Waals surface area contributed by atoms with Gasteiger partial charge in [0, 0.05) is 43.7 Å². The van der Waals surface area contributed by atoms with Gasteiger partial charge in [0.2, 0.25) is 5.91 Å². The Hall–Kier alpha value is -6.21. The molecule has 0 spiro atoms. The van der Waals surface area contributed by atoms with Crippen LogP contribution in [0.5, 0.6) is 17.5 Å². The number of esters is 1. The molecule has 1 aliphatic heterocycles. The van der Waals surface area contributed by atoms with Gasteiger partial charge in [0.15, 0.2) is 5.82 Å². The number of hydrogen-bond donors (Lipinski definition) is 2. The topological polar surface area (TPSA) is 157 Å². The maximum Gasteiger partial charge on any atom is 0.513 e. The molecule has 14 nitrogen and oxygen atoms in total. The number of alkyl halides is 1. The quantitative estimate of drug-likeness (QED) is 0.0395. The first-order chi connectivity index (χ1) is 31.4. The van der Waals surface area contributed by atoms with E-state index in [1.165, 1.54) is 49.5 Å². The molecule has 66 heavy (non-hydrogen) atoms. The van der Waals surface area contributed by atoms with Crippen LogP contribution in [0.25, 0.3) is 32.9 Å². The first kappa shape index (κ1) is 47.7. The highest BCUT2D eigenvalue weighted by Crippen LogP contribution is 2.48. The average molecular weight is 928 g/mol. The number of amides is 1. The number of hydrogen-bond acceptors (Lipinski definition) is 12. The number of aromatic nitrogens is 3. The zero-order valence-corrected chi connectivity index (χ0v) is 38.6. The van der Waals surface area contributed by atoms with Gasteiger partial charge in [-0.1, -0.05) is 49.6 Å². The van der Waals surface area contributed by atoms with Crippen LogP contribution in [0.3, 0.4) is 0 Å². The monoisotopic (exact) mass is 927 g/mol. The number of para-hydroxylation sites is 1. The van der Waals surface area contributed by atoms with E-state index in [0.717, 1.165) is 18.9 Å². The maximum absolute atomic E-state index is 17.6. The Morgan fingerprint density at radius 1 is 1.09 bits per heavy atom. The number of nitrogens with one attached hydrogen (secondary N) is 2. The minimum atomic E-state index is -4.55. The second kappa shape index (κ2) is 19.3. The largest absolute Gasteiger partial charge is 0.513 e. The molecule has 348 valence electrons. The summed E-state index contributed by atoms with van der Waals surface area (Å²) in [6, 6.07) is 11.9. The number of benzene rings is 3. The molecular formula is C48H53F3N7O7P. The van der Waals surface area contributed by atoms with Crippen molar-refractivity contribution in [1.82, 2.24) is 29.8 Å². The second-order valence-electron chi connectivity index (χ2n) is 17.4. The predicted octanol–water partition coefficient (Wildman–Crippen LogP) is 8.78. The van der Waals surface area contributed by atoms with Crippen molar-refractivity contribution in [2.75, 3.05) is 39.1 Å². The van der Waals surface area contributed by atoms with E-state index < -0.39 is 54.7 Å². The van der Waals surface area contributed by atoms with Crippen LogP contribution in [0.15, 0.2) is 73.4 Å². The fourth-order valence-electron chi connectivity index (χ4n) is 8.56. The molecule has 1 unspecified atom stereocenters. The first-order valence-corrected chi connectivity index (χ1v) is 23.2. The van der Waals surface area contributed by atoms with Crippen molar-refractivity contribution in [3.8, 4) is 41.1 Å². The number of anilines is 1. The van der Waals surface area contributed by atoms with Crippen LogP contribution in [0, 0.1) is 24.0 Å². The highest BCUT2D eigenvalue weighted by molar-refractivity contribution is 7.52. The number of fused-ring (bicyclic) bond motifs is 2. The van der Waals surface area contributed by atoms with Gasteiger partial charge in [0.25, 0.3) is 0 Å². The van der Waals surface area contributed by atoms with Crippen molar-refractivity contribution >= 4 is 47.1 Å². The molecule has 0 radical (unpaired) electrons. The SMILES string of the molecule is C#Cc1c(F)ccc2cc(OP(=O)(N[C@@H](C)C(=O)OC(C)C)Oc3ccccc3)cc(-c3ncc4c(NCC5(N(C)C(=O)C=C)CCCC5)nc(OC[C@]5(C)C[C@@H](F)CN5C)nc4c3F)c12. The standard InChI is InChI=1S/C48H53F3N7O7P/c1-9-35-38(50)19-18-31-22-34(65-66(61,64-33-16-12-11-13-17-33)56-30(5)45(60)63-29(3)4)23-36(40(31)35)42-41(51)43-37(25-52-42)44(53-27-48(20-14-15-21-48)58(8)39(59)10-2)55-46(54-43)62-28-47(6)24-32(49)26-57(47)7/h1,10-13,16-19,22-23,25,29-30,32H,2,14-15,20-21,24,26-28H2,3-8H3,(H,56,61)(H,53,54,55)/t30-,32+,47-,66?/m0/s1. The van der Waals surface area contributed by atoms with Crippen molar-refractivity contribution < 1.29 is 45.8 Å². The summed E-state index contributed by atoms with van der Waals surface area (Å²) in [6.45, 7) is 10.7. The number of likely N-dealkylation sites (tertiary alicyclic amines) is 1. The summed E-state index contributed by atoms with van der Waals surface area (Å²) in [5, 5.41) is 6.46. The molecule has 1 aliphatic carbocycles. The van der Waals surface area contributed by atoms with Crippen LogP contribution >= 0.6 is 7.75 Å². The number of ether oxygens (including phenoxy) is 2. The van der Waals surface area contributed by atoms with E-state index in [1.807, 2.05) is 11.8 Å². The van der Waals surface area contributed by atoms with E-state index in [-0.39, 0.29) is 93.8 Å². The van der Waals surface area contributed by atoms with E-state index in [9.17, 15) is 18.5 Å². The van der Waals surface area contributed by atoms with E-state index >= 15 is 8.78 Å². The van der Waals surface area contributed by atoms with E-state index in [4.69, 9.17) is 24.9 Å². The smallest absolute Gasteiger partial charge is 0.462 e. The number of carbonyl (C=O) groups is 2. The van der Waals surface area contributed by atoms with Gasteiger partial charge in [0.05, 0.1) is 28.1 Å². The zero-order chi connectivity index (χ0) is 47.6. The average Bonchev–Trinajstić information content (AvgIpc) is 3.87. The molecule has 7 rings (SSSR count). The van der Waals surface area contributed by atoms with E-state index in [2.05, 4.69) is 37.9 Å². The van der Waals surface area contributed by atoms with Gasteiger partial charge < -0.3 is 28.7 Å². The lowest BCUT2D eigenvalue weighted by Gasteiger charge is -2.38. The summed E-state index contributed by atoms with van der Waals surface area (Å²) < 4.78 is 85.9. The lowest BCUT2D eigenvalue weighted by Crippen LogP contribution is -2.51. The number of pyridine rings is 1. The van der Waals surface area contributed by atoms with Crippen molar-refractivity contribution in [2.45, 2.75) is 89.2 Å². The summed E-state index contributed by atoms with van der Waals surface area (Å²) in [5.41, 5.74) is -2.21. The van der Waals surface area contributed by atoms with Gasteiger partial charge in [-0.05, 0) is 89.4 Å². The predicted molar refractivity (Wildman–Crippen MR) is 246 cm³/mol. The van der Waals surface area contributed by atoms with Crippen LogP contribution in [0.2, 0.25) is 0 Å². The third-order valence-electron chi connectivity index (χ3n) is 12.3. The minimum absolute atomic E-state index is 0.0310. The molecule has 4 atom stereocenters. The Morgan fingerprint density at radius 3 is 2.45 bits per heavy atom. The molecule has 2 aromatic heterocycles. The Labute approximate surface area is 381 Å². The van der Waals surface area contributed by atoms with Gasteiger partial charge in [-0.3, -0.25) is 19.5 Å². The van der Waals surface area contributed by atoms with E-state index in [1.54, 1.807) is 51.0 Å². The summed E-state index contributed by atoms with van der Waals surface area (Å²) in [5.74, 6) is -0.237. The fourth-order valence-corrected chi connectivity index (χ4v) is 10.1. The molecule has 1 amide bonds. The summed E-state index contributed by atoms with van der Waals surface area (Å²) in [7, 11) is -1.05. The number of carbonyl (C=O) groups excluding carboxylic acids is 2. The molecule has 2 fully saturated rings. The third-order valence-corrected chi connectivity index (χ3v) is 13.9. The van der Waals surface area contributed by atoms with Gasteiger partial charge in [-0.15, -0.1) is 6.42 Å². The summed E-state index contributed by atoms with van der Waals surface area (Å²) in [4.78, 5) is 43.0. The molecular weight excluding hydrogens is 875 g/mol. The Kier molecular flexibility index (Phi) is 14.0. The van der Waals surface area contributed by atoms with Crippen LogP contribution in [-0.2, 0) is 18.9 Å². The molecule has 18 heteroatoms. The molecule has 2 aliphatic rings. The van der Waals surface area contributed by atoms with E-state index in [0.29, 0.717) is 12.8 Å².